The van der Waals surface area contributed by atoms with Gasteiger partial charge in [-0.1, -0.05) is 24.4 Å². The highest BCUT2D eigenvalue weighted by atomic mass is 35.5. The minimum atomic E-state index is 0.0319. The molecule has 0 saturated heterocycles. The van der Waals surface area contributed by atoms with Crippen molar-refractivity contribution < 1.29 is 9.53 Å². The van der Waals surface area contributed by atoms with Crippen molar-refractivity contribution >= 4 is 23.4 Å². The van der Waals surface area contributed by atoms with E-state index in [-0.39, 0.29) is 11.9 Å². The Morgan fingerprint density at radius 2 is 2.05 bits per heavy atom. The minimum absolute atomic E-state index is 0.0319. The lowest BCUT2D eigenvalue weighted by atomic mass is 9.65. The van der Waals surface area contributed by atoms with Crippen LogP contribution in [0.3, 0.4) is 0 Å². The van der Waals surface area contributed by atoms with Gasteiger partial charge >= 0.3 is 5.97 Å². The van der Waals surface area contributed by atoms with Gasteiger partial charge in [0.1, 0.15) is 11.0 Å². The molecule has 0 radical (unpaired) electrons. The molecule has 0 spiro atoms. The molecule has 4 rings (SSSR count). The summed E-state index contributed by atoms with van der Waals surface area (Å²) in [7, 11) is 1.50. The van der Waals surface area contributed by atoms with Crippen molar-refractivity contribution in [2.75, 3.05) is 12.8 Å². The van der Waals surface area contributed by atoms with Crippen molar-refractivity contribution in [3.63, 3.8) is 0 Å². The minimum Gasteiger partial charge on any atom is -0.469 e. The number of hydrogen-bond donors (Lipinski definition) is 1. The highest BCUT2D eigenvalue weighted by Gasteiger charge is 2.39. The predicted octanol–water partition coefficient (Wildman–Crippen LogP) is 2.70. The molecule has 0 aliphatic heterocycles. The summed E-state index contributed by atoms with van der Waals surface area (Å²) < 4.78 is 4.80. The second-order valence-electron chi connectivity index (χ2n) is 5.41. The number of nitrogen functional groups attached to an aromatic ring is 1. The summed E-state index contributed by atoms with van der Waals surface area (Å²) >= 11 is 5.39. The standard InChI is InChI=1S/C10H16O2.C4H4ClN3/c1-12-10(11)9-6-7-2-4-8(9)5-3-7;5-3-1-7-2-4(6)8-3/h7-9H,2-6H2,1H3;1-2H,(H2,6,8). The average molecular weight is 298 g/mol. The molecule has 1 atom stereocenters. The molecule has 3 aliphatic rings. The SMILES string of the molecule is COC(=O)C1CC2CCC1CC2.Nc1cncc(Cl)n1. The molecule has 1 unspecified atom stereocenters. The Balaban J connectivity index is 0.000000160. The number of carbonyl (C=O) groups excluding carboxylic acids is 1. The number of esters is 1. The monoisotopic (exact) mass is 297 g/mol. The van der Waals surface area contributed by atoms with Crippen LogP contribution in [0.15, 0.2) is 12.4 Å². The first-order valence-corrected chi connectivity index (χ1v) is 7.28. The molecule has 1 heterocycles. The Hall–Kier alpha value is -1.36. The van der Waals surface area contributed by atoms with Crippen LogP contribution < -0.4 is 5.73 Å². The quantitative estimate of drug-likeness (QED) is 0.806. The van der Waals surface area contributed by atoms with Crippen LogP contribution >= 0.6 is 11.6 Å². The number of nitrogens with zero attached hydrogens (tertiary/aromatic N) is 2. The maximum Gasteiger partial charge on any atom is 0.308 e. The first-order valence-electron chi connectivity index (χ1n) is 6.91. The van der Waals surface area contributed by atoms with E-state index in [1.807, 2.05) is 0 Å². The summed E-state index contributed by atoms with van der Waals surface area (Å²) in [5.41, 5.74) is 5.20. The molecule has 2 N–H and O–H groups in total. The van der Waals surface area contributed by atoms with E-state index in [9.17, 15) is 4.79 Å². The third kappa shape index (κ3) is 3.82. The zero-order chi connectivity index (χ0) is 14.5. The topological polar surface area (TPSA) is 78.1 Å². The Morgan fingerprint density at radius 1 is 1.35 bits per heavy atom. The van der Waals surface area contributed by atoms with E-state index in [2.05, 4.69) is 9.97 Å². The van der Waals surface area contributed by atoms with Gasteiger partial charge in [-0.05, 0) is 31.1 Å². The van der Waals surface area contributed by atoms with Gasteiger partial charge in [-0.25, -0.2) is 4.98 Å². The molecule has 3 saturated carbocycles. The molecule has 3 fully saturated rings. The highest BCUT2D eigenvalue weighted by Crippen LogP contribution is 2.45. The maximum absolute atomic E-state index is 11.3. The van der Waals surface area contributed by atoms with Gasteiger partial charge in [-0.15, -0.1) is 0 Å². The third-order valence-corrected chi connectivity index (χ3v) is 4.36. The number of hydrogen-bond acceptors (Lipinski definition) is 5. The van der Waals surface area contributed by atoms with Crippen molar-refractivity contribution in [3.8, 4) is 0 Å². The molecule has 0 aromatic carbocycles. The third-order valence-electron chi connectivity index (χ3n) is 4.18. The van der Waals surface area contributed by atoms with Crippen LogP contribution in [0.4, 0.5) is 5.82 Å². The highest BCUT2D eigenvalue weighted by molar-refractivity contribution is 6.29. The number of aromatic nitrogens is 2. The van der Waals surface area contributed by atoms with Crippen LogP contribution in [0.2, 0.25) is 5.15 Å². The van der Waals surface area contributed by atoms with Gasteiger partial charge in [-0.2, -0.15) is 0 Å². The number of rotatable bonds is 1. The van der Waals surface area contributed by atoms with Gasteiger partial charge in [0.15, 0.2) is 0 Å². The second-order valence-corrected chi connectivity index (χ2v) is 5.80. The summed E-state index contributed by atoms with van der Waals surface area (Å²) in [6.45, 7) is 0. The molecule has 0 amide bonds. The molecular weight excluding hydrogens is 278 g/mol. The van der Waals surface area contributed by atoms with Crippen molar-refractivity contribution in [2.45, 2.75) is 32.1 Å². The van der Waals surface area contributed by atoms with Gasteiger partial charge in [0, 0.05) is 0 Å². The summed E-state index contributed by atoms with van der Waals surface area (Å²) in [6.07, 6.45) is 9.16. The van der Waals surface area contributed by atoms with E-state index in [0.717, 1.165) is 12.3 Å². The van der Waals surface area contributed by atoms with Crippen LogP contribution in [0.5, 0.6) is 0 Å². The normalized spacial score (nSPS) is 27.4. The van der Waals surface area contributed by atoms with Crippen molar-refractivity contribution in [3.05, 3.63) is 17.5 Å². The van der Waals surface area contributed by atoms with Crippen LogP contribution in [0.25, 0.3) is 0 Å². The molecule has 3 aliphatic carbocycles. The van der Waals surface area contributed by atoms with E-state index in [1.165, 1.54) is 45.2 Å². The number of ether oxygens (including phenoxy) is 1. The van der Waals surface area contributed by atoms with Gasteiger partial charge in [-0.3, -0.25) is 9.78 Å². The Labute approximate surface area is 123 Å². The van der Waals surface area contributed by atoms with Crippen molar-refractivity contribution in [1.82, 2.24) is 9.97 Å². The Morgan fingerprint density at radius 3 is 2.45 bits per heavy atom. The van der Waals surface area contributed by atoms with Crippen LogP contribution in [0, 0.1) is 17.8 Å². The molecule has 1 aromatic rings. The predicted molar refractivity (Wildman–Crippen MR) is 77.0 cm³/mol. The largest absolute Gasteiger partial charge is 0.469 e. The number of fused-ring (bicyclic) bond motifs is 3. The summed E-state index contributed by atoms with van der Waals surface area (Å²) in [5, 5.41) is 0.324. The lowest BCUT2D eigenvalue weighted by Gasteiger charge is -2.40. The van der Waals surface area contributed by atoms with E-state index in [0.29, 0.717) is 16.9 Å². The number of anilines is 1. The fourth-order valence-corrected chi connectivity index (χ4v) is 3.33. The maximum atomic E-state index is 11.3. The lowest BCUT2D eigenvalue weighted by molar-refractivity contribution is -0.151. The van der Waals surface area contributed by atoms with Gasteiger partial charge < -0.3 is 10.5 Å². The molecule has 2 bridgehead atoms. The Kier molecular flexibility index (Phi) is 5.17. The average Bonchev–Trinajstić information content (AvgIpc) is 2.48. The summed E-state index contributed by atoms with van der Waals surface area (Å²) in [5.74, 6) is 2.07. The molecule has 5 nitrogen and oxygen atoms in total. The van der Waals surface area contributed by atoms with Gasteiger partial charge in [0.25, 0.3) is 0 Å². The number of nitrogens with two attached hydrogens (primary N) is 1. The Bertz CT molecular complexity index is 444. The summed E-state index contributed by atoms with van der Waals surface area (Å²) in [6, 6.07) is 0. The van der Waals surface area contributed by atoms with Crippen LogP contribution in [-0.4, -0.2) is 23.0 Å². The van der Waals surface area contributed by atoms with Crippen LogP contribution in [0.1, 0.15) is 32.1 Å². The zero-order valence-electron chi connectivity index (χ0n) is 11.6. The van der Waals surface area contributed by atoms with E-state index >= 15 is 0 Å². The van der Waals surface area contributed by atoms with Crippen molar-refractivity contribution in [2.24, 2.45) is 17.8 Å². The first-order chi connectivity index (χ1) is 9.60. The number of carbonyl (C=O) groups is 1. The first kappa shape index (κ1) is 15.0. The smallest absolute Gasteiger partial charge is 0.308 e. The fraction of sp³-hybridized carbons (Fsp3) is 0.643. The van der Waals surface area contributed by atoms with Gasteiger partial charge in [0.2, 0.25) is 0 Å². The number of halogens is 1. The molecular formula is C14H20ClN3O2. The van der Waals surface area contributed by atoms with Gasteiger partial charge in [0.05, 0.1) is 25.4 Å². The molecule has 1 aromatic heterocycles. The zero-order valence-corrected chi connectivity index (χ0v) is 12.3. The molecule has 20 heavy (non-hydrogen) atoms. The fourth-order valence-electron chi connectivity index (χ4n) is 3.17. The van der Waals surface area contributed by atoms with E-state index in [1.54, 1.807) is 0 Å². The van der Waals surface area contributed by atoms with E-state index < -0.39 is 0 Å². The van der Waals surface area contributed by atoms with E-state index in [4.69, 9.17) is 22.1 Å². The van der Waals surface area contributed by atoms with Crippen molar-refractivity contribution in [1.29, 1.82) is 0 Å². The number of methoxy groups -OCH3 is 1. The molecule has 6 heteroatoms. The van der Waals surface area contributed by atoms with Crippen LogP contribution in [-0.2, 0) is 9.53 Å². The lowest BCUT2D eigenvalue weighted by Crippen LogP contribution is -2.36. The second kappa shape index (κ2) is 6.88. The summed E-state index contributed by atoms with van der Waals surface area (Å²) in [4.78, 5) is 18.7. The molecule has 110 valence electrons.